The SMILES string of the molecule is Cc1cncc(C(=O)Nc2ncn[nH]2)c1. The van der Waals surface area contributed by atoms with Crippen molar-refractivity contribution in [2.45, 2.75) is 6.92 Å². The third-order valence-electron chi connectivity index (χ3n) is 1.78. The van der Waals surface area contributed by atoms with Gasteiger partial charge in [-0.3, -0.25) is 15.1 Å². The molecule has 2 N–H and O–H groups in total. The first kappa shape index (κ1) is 9.32. The quantitative estimate of drug-likeness (QED) is 0.754. The van der Waals surface area contributed by atoms with Crippen molar-refractivity contribution in [1.82, 2.24) is 20.2 Å². The van der Waals surface area contributed by atoms with Crippen molar-refractivity contribution < 1.29 is 4.79 Å². The molecule has 2 aromatic rings. The summed E-state index contributed by atoms with van der Waals surface area (Å²) in [5.41, 5.74) is 1.42. The fourth-order valence-corrected chi connectivity index (χ4v) is 1.12. The van der Waals surface area contributed by atoms with Gasteiger partial charge in [0.2, 0.25) is 5.95 Å². The number of carbonyl (C=O) groups is 1. The monoisotopic (exact) mass is 203 g/mol. The molecule has 6 nitrogen and oxygen atoms in total. The first-order chi connectivity index (χ1) is 7.25. The molecule has 0 atom stereocenters. The number of rotatable bonds is 2. The van der Waals surface area contributed by atoms with E-state index in [2.05, 4.69) is 25.5 Å². The Hall–Kier alpha value is -2.24. The molecule has 15 heavy (non-hydrogen) atoms. The van der Waals surface area contributed by atoms with Gasteiger partial charge in [-0.1, -0.05) is 0 Å². The molecule has 0 bridgehead atoms. The number of aryl methyl sites for hydroxylation is 1. The van der Waals surface area contributed by atoms with Gasteiger partial charge in [0.25, 0.3) is 5.91 Å². The van der Waals surface area contributed by atoms with Crippen molar-refractivity contribution in [3.05, 3.63) is 35.9 Å². The van der Waals surface area contributed by atoms with Crippen LogP contribution in [-0.2, 0) is 0 Å². The Morgan fingerprint density at radius 1 is 1.47 bits per heavy atom. The lowest BCUT2D eigenvalue weighted by molar-refractivity contribution is 0.102. The number of aromatic amines is 1. The van der Waals surface area contributed by atoms with Crippen LogP contribution in [0.15, 0.2) is 24.8 Å². The standard InChI is InChI=1S/C9H9N5O/c1-6-2-7(4-10-3-6)8(15)13-9-11-5-12-14-9/h2-5H,1H3,(H2,11,12,13,14,15). The highest BCUT2D eigenvalue weighted by Crippen LogP contribution is 2.03. The van der Waals surface area contributed by atoms with Crippen molar-refractivity contribution in [3.63, 3.8) is 0 Å². The number of pyridine rings is 1. The smallest absolute Gasteiger partial charge is 0.259 e. The molecule has 0 radical (unpaired) electrons. The van der Waals surface area contributed by atoms with Crippen molar-refractivity contribution >= 4 is 11.9 Å². The fraction of sp³-hybridized carbons (Fsp3) is 0.111. The maximum absolute atomic E-state index is 11.6. The van der Waals surface area contributed by atoms with Gasteiger partial charge in [0.1, 0.15) is 6.33 Å². The summed E-state index contributed by atoms with van der Waals surface area (Å²) in [4.78, 5) is 19.3. The topological polar surface area (TPSA) is 83.6 Å². The molecule has 76 valence electrons. The Bertz CT molecular complexity index is 465. The molecule has 0 aliphatic rings. The summed E-state index contributed by atoms with van der Waals surface area (Å²) in [6.45, 7) is 1.87. The Balaban J connectivity index is 2.15. The van der Waals surface area contributed by atoms with E-state index in [1.165, 1.54) is 12.5 Å². The number of nitrogens with zero attached hydrogens (tertiary/aromatic N) is 3. The van der Waals surface area contributed by atoms with Gasteiger partial charge < -0.3 is 0 Å². The normalized spacial score (nSPS) is 9.93. The van der Waals surface area contributed by atoms with E-state index in [1.807, 2.05) is 6.92 Å². The second kappa shape index (κ2) is 3.87. The Labute approximate surface area is 85.8 Å². The molecule has 0 unspecified atom stereocenters. The summed E-state index contributed by atoms with van der Waals surface area (Å²) in [6, 6.07) is 1.75. The molecule has 0 saturated carbocycles. The molecule has 0 aliphatic heterocycles. The first-order valence-electron chi connectivity index (χ1n) is 4.34. The zero-order valence-electron chi connectivity index (χ0n) is 8.06. The molecule has 2 aromatic heterocycles. The third-order valence-corrected chi connectivity index (χ3v) is 1.78. The van der Waals surface area contributed by atoms with Crippen molar-refractivity contribution in [1.29, 1.82) is 0 Å². The lowest BCUT2D eigenvalue weighted by atomic mass is 10.2. The van der Waals surface area contributed by atoms with Crippen LogP contribution in [0.5, 0.6) is 0 Å². The van der Waals surface area contributed by atoms with Gasteiger partial charge in [-0.2, -0.15) is 10.1 Å². The predicted molar refractivity (Wildman–Crippen MR) is 53.3 cm³/mol. The number of anilines is 1. The summed E-state index contributed by atoms with van der Waals surface area (Å²) in [5.74, 6) is 0.0597. The second-order valence-corrected chi connectivity index (χ2v) is 3.04. The number of aromatic nitrogens is 4. The van der Waals surface area contributed by atoms with Crippen LogP contribution in [0.3, 0.4) is 0 Å². The minimum Gasteiger partial charge on any atom is -0.291 e. The van der Waals surface area contributed by atoms with Gasteiger partial charge in [0, 0.05) is 12.4 Å². The molecule has 6 heteroatoms. The van der Waals surface area contributed by atoms with Crippen LogP contribution < -0.4 is 5.32 Å². The lowest BCUT2D eigenvalue weighted by Gasteiger charge is -2.01. The van der Waals surface area contributed by atoms with Gasteiger partial charge in [0.15, 0.2) is 0 Å². The first-order valence-corrected chi connectivity index (χ1v) is 4.34. The van der Waals surface area contributed by atoms with E-state index in [0.29, 0.717) is 11.5 Å². The van der Waals surface area contributed by atoms with Gasteiger partial charge >= 0.3 is 0 Å². The van der Waals surface area contributed by atoms with Crippen molar-refractivity contribution in [3.8, 4) is 0 Å². The number of carbonyl (C=O) groups excluding carboxylic acids is 1. The largest absolute Gasteiger partial charge is 0.291 e. The summed E-state index contributed by atoms with van der Waals surface area (Å²) in [6.07, 6.45) is 4.51. The molecular formula is C9H9N5O. The average molecular weight is 203 g/mol. The Morgan fingerprint density at radius 3 is 3.00 bits per heavy atom. The second-order valence-electron chi connectivity index (χ2n) is 3.04. The van der Waals surface area contributed by atoms with Gasteiger partial charge in [-0.15, -0.1) is 0 Å². The van der Waals surface area contributed by atoms with E-state index in [-0.39, 0.29) is 5.91 Å². The number of hydrogen-bond acceptors (Lipinski definition) is 4. The molecule has 0 saturated heterocycles. The van der Waals surface area contributed by atoms with Crippen LogP contribution in [0.2, 0.25) is 0 Å². The van der Waals surface area contributed by atoms with E-state index in [4.69, 9.17) is 0 Å². The van der Waals surface area contributed by atoms with Gasteiger partial charge in [0.05, 0.1) is 5.56 Å². The average Bonchev–Trinajstić information content (AvgIpc) is 2.70. The summed E-state index contributed by atoms with van der Waals surface area (Å²) < 4.78 is 0. The van der Waals surface area contributed by atoms with Crippen molar-refractivity contribution in [2.75, 3.05) is 5.32 Å². The minimum absolute atomic E-state index is 0.261. The van der Waals surface area contributed by atoms with Gasteiger partial charge in [-0.25, -0.2) is 5.10 Å². The molecule has 0 aliphatic carbocycles. The van der Waals surface area contributed by atoms with E-state index < -0.39 is 0 Å². The Kier molecular flexibility index (Phi) is 2.40. The van der Waals surface area contributed by atoms with E-state index >= 15 is 0 Å². The van der Waals surface area contributed by atoms with Crippen LogP contribution in [-0.4, -0.2) is 26.1 Å². The number of amides is 1. The highest BCUT2D eigenvalue weighted by Gasteiger charge is 2.07. The Morgan fingerprint density at radius 2 is 2.33 bits per heavy atom. The van der Waals surface area contributed by atoms with Crippen LogP contribution >= 0.6 is 0 Å². The maximum Gasteiger partial charge on any atom is 0.259 e. The third kappa shape index (κ3) is 2.16. The summed E-state index contributed by atoms with van der Waals surface area (Å²) in [7, 11) is 0. The minimum atomic E-state index is -0.261. The molecule has 0 aromatic carbocycles. The number of hydrogen-bond donors (Lipinski definition) is 2. The predicted octanol–water partition coefficient (Wildman–Crippen LogP) is 0.760. The van der Waals surface area contributed by atoms with E-state index in [0.717, 1.165) is 5.56 Å². The van der Waals surface area contributed by atoms with Crippen LogP contribution in [0.1, 0.15) is 15.9 Å². The van der Waals surface area contributed by atoms with Crippen LogP contribution in [0, 0.1) is 6.92 Å². The highest BCUT2D eigenvalue weighted by atomic mass is 16.1. The molecule has 1 amide bonds. The molecular weight excluding hydrogens is 194 g/mol. The summed E-state index contributed by atoms with van der Waals surface area (Å²) >= 11 is 0. The van der Waals surface area contributed by atoms with Crippen LogP contribution in [0.25, 0.3) is 0 Å². The van der Waals surface area contributed by atoms with E-state index in [9.17, 15) is 4.79 Å². The van der Waals surface area contributed by atoms with Crippen LogP contribution in [0.4, 0.5) is 5.95 Å². The fourth-order valence-electron chi connectivity index (χ4n) is 1.12. The zero-order valence-corrected chi connectivity index (χ0v) is 8.06. The maximum atomic E-state index is 11.6. The highest BCUT2D eigenvalue weighted by molar-refractivity contribution is 6.03. The van der Waals surface area contributed by atoms with Gasteiger partial charge in [-0.05, 0) is 18.6 Å². The molecule has 2 heterocycles. The lowest BCUT2D eigenvalue weighted by Crippen LogP contribution is -2.13. The zero-order chi connectivity index (χ0) is 10.7. The van der Waals surface area contributed by atoms with E-state index in [1.54, 1.807) is 12.3 Å². The number of nitrogens with one attached hydrogen (secondary N) is 2. The molecule has 0 fully saturated rings. The molecule has 0 spiro atoms. The van der Waals surface area contributed by atoms with Crippen molar-refractivity contribution in [2.24, 2.45) is 0 Å². The molecule has 2 rings (SSSR count). The number of H-pyrrole nitrogens is 1. The summed E-state index contributed by atoms with van der Waals surface area (Å²) in [5, 5.41) is 8.72.